The second-order valence-electron chi connectivity index (χ2n) is 4.25. The van der Waals surface area contributed by atoms with Gasteiger partial charge in [0.25, 0.3) is 5.69 Å². The predicted molar refractivity (Wildman–Crippen MR) is 78.3 cm³/mol. The standard InChI is InChI=1S/C14H12N2O4S/c17-14(18)12(8-10-4-2-1-3-5-10)21-13-7-6-11(9-15-13)16(19)20/h1-7,9,12H,8H2,(H,17,18). The van der Waals surface area contributed by atoms with E-state index in [2.05, 4.69) is 4.98 Å². The van der Waals surface area contributed by atoms with Crippen molar-refractivity contribution in [2.24, 2.45) is 0 Å². The molecule has 21 heavy (non-hydrogen) atoms. The summed E-state index contributed by atoms with van der Waals surface area (Å²) in [4.78, 5) is 25.3. The molecule has 1 N–H and O–H groups in total. The Bertz CT molecular complexity index is 631. The molecular weight excluding hydrogens is 292 g/mol. The first kappa shape index (κ1) is 15.0. The van der Waals surface area contributed by atoms with Crippen LogP contribution in [0.15, 0.2) is 53.7 Å². The smallest absolute Gasteiger partial charge is 0.317 e. The average molecular weight is 304 g/mol. The summed E-state index contributed by atoms with van der Waals surface area (Å²) >= 11 is 1.08. The molecule has 0 saturated carbocycles. The number of thioether (sulfide) groups is 1. The van der Waals surface area contributed by atoms with E-state index >= 15 is 0 Å². The van der Waals surface area contributed by atoms with Crippen LogP contribution in [0.4, 0.5) is 5.69 Å². The average Bonchev–Trinajstić information content (AvgIpc) is 2.48. The molecular formula is C14H12N2O4S. The summed E-state index contributed by atoms with van der Waals surface area (Å²) in [5.74, 6) is -0.941. The normalized spacial score (nSPS) is 11.8. The van der Waals surface area contributed by atoms with Crippen molar-refractivity contribution in [2.75, 3.05) is 0 Å². The van der Waals surface area contributed by atoms with Crippen LogP contribution in [0.3, 0.4) is 0 Å². The van der Waals surface area contributed by atoms with Gasteiger partial charge in [0.15, 0.2) is 0 Å². The highest BCUT2D eigenvalue weighted by atomic mass is 32.2. The highest BCUT2D eigenvalue weighted by Gasteiger charge is 2.20. The summed E-state index contributed by atoms with van der Waals surface area (Å²) < 4.78 is 0. The number of hydrogen-bond acceptors (Lipinski definition) is 5. The highest BCUT2D eigenvalue weighted by molar-refractivity contribution is 8.00. The number of benzene rings is 1. The van der Waals surface area contributed by atoms with Gasteiger partial charge in [-0.1, -0.05) is 42.1 Å². The van der Waals surface area contributed by atoms with Gasteiger partial charge in [0.2, 0.25) is 0 Å². The molecule has 0 aliphatic carbocycles. The maximum atomic E-state index is 11.3. The summed E-state index contributed by atoms with van der Waals surface area (Å²) in [6.45, 7) is 0. The van der Waals surface area contributed by atoms with E-state index in [4.69, 9.17) is 0 Å². The van der Waals surface area contributed by atoms with Crippen LogP contribution >= 0.6 is 11.8 Å². The van der Waals surface area contributed by atoms with Gasteiger partial charge in [0.1, 0.15) is 11.4 Å². The number of aliphatic carboxylic acids is 1. The zero-order chi connectivity index (χ0) is 15.2. The number of carbonyl (C=O) groups is 1. The van der Waals surface area contributed by atoms with Crippen molar-refractivity contribution in [3.05, 3.63) is 64.3 Å². The lowest BCUT2D eigenvalue weighted by Gasteiger charge is -2.11. The molecule has 1 atom stereocenters. The first-order chi connectivity index (χ1) is 10.1. The lowest BCUT2D eigenvalue weighted by atomic mass is 10.1. The minimum Gasteiger partial charge on any atom is -0.480 e. The van der Waals surface area contributed by atoms with Crippen LogP contribution in [0.1, 0.15) is 5.56 Å². The van der Waals surface area contributed by atoms with Crippen LogP contribution in [0.25, 0.3) is 0 Å². The number of hydrogen-bond donors (Lipinski definition) is 1. The maximum absolute atomic E-state index is 11.3. The largest absolute Gasteiger partial charge is 0.480 e. The Balaban J connectivity index is 2.09. The van der Waals surface area contributed by atoms with Crippen molar-refractivity contribution in [3.8, 4) is 0 Å². The molecule has 1 aromatic carbocycles. The SMILES string of the molecule is O=C(O)C(Cc1ccccc1)Sc1ccc([N+](=O)[O-])cn1. The minimum absolute atomic E-state index is 0.116. The van der Waals surface area contributed by atoms with Crippen LogP contribution in [-0.2, 0) is 11.2 Å². The number of aromatic nitrogens is 1. The Labute approximate surface area is 125 Å². The number of nitro groups is 1. The van der Waals surface area contributed by atoms with E-state index in [0.29, 0.717) is 11.4 Å². The topological polar surface area (TPSA) is 93.3 Å². The third kappa shape index (κ3) is 4.28. The number of pyridine rings is 1. The molecule has 2 aromatic rings. The molecule has 0 aliphatic heterocycles. The van der Waals surface area contributed by atoms with Crippen molar-refractivity contribution in [2.45, 2.75) is 16.7 Å². The third-order valence-electron chi connectivity index (χ3n) is 2.73. The molecule has 7 heteroatoms. The molecule has 108 valence electrons. The van der Waals surface area contributed by atoms with Crippen molar-refractivity contribution in [3.63, 3.8) is 0 Å². The summed E-state index contributed by atoms with van der Waals surface area (Å²) in [5, 5.41) is 19.6. The van der Waals surface area contributed by atoms with E-state index in [-0.39, 0.29) is 5.69 Å². The molecule has 0 amide bonds. The van der Waals surface area contributed by atoms with Gasteiger partial charge in [-0.25, -0.2) is 4.98 Å². The van der Waals surface area contributed by atoms with Crippen LogP contribution in [0.2, 0.25) is 0 Å². The maximum Gasteiger partial charge on any atom is 0.317 e. The van der Waals surface area contributed by atoms with Gasteiger partial charge in [-0.3, -0.25) is 14.9 Å². The van der Waals surface area contributed by atoms with Gasteiger partial charge in [-0.05, 0) is 18.1 Å². The van der Waals surface area contributed by atoms with Gasteiger partial charge in [-0.2, -0.15) is 0 Å². The number of carboxylic acids is 1. The highest BCUT2D eigenvalue weighted by Crippen LogP contribution is 2.25. The second-order valence-corrected chi connectivity index (χ2v) is 5.47. The minimum atomic E-state index is -0.941. The number of nitrogens with zero attached hydrogens (tertiary/aromatic N) is 2. The van der Waals surface area contributed by atoms with Crippen LogP contribution in [0.5, 0.6) is 0 Å². The zero-order valence-corrected chi connectivity index (χ0v) is 11.7. The van der Waals surface area contributed by atoms with Crippen LogP contribution < -0.4 is 0 Å². The molecule has 2 rings (SSSR count). The van der Waals surface area contributed by atoms with E-state index in [1.54, 1.807) is 0 Å². The van der Waals surface area contributed by atoms with Gasteiger partial charge in [0, 0.05) is 6.07 Å². The van der Waals surface area contributed by atoms with Crippen molar-refractivity contribution >= 4 is 23.4 Å². The summed E-state index contributed by atoms with van der Waals surface area (Å²) in [6, 6.07) is 12.1. The summed E-state index contributed by atoms with van der Waals surface area (Å²) in [7, 11) is 0. The van der Waals surface area contributed by atoms with Crippen LogP contribution in [-0.4, -0.2) is 26.2 Å². The molecule has 0 aliphatic rings. The summed E-state index contributed by atoms with van der Waals surface area (Å²) in [6.07, 6.45) is 1.49. The molecule has 0 radical (unpaired) electrons. The van der Waals surface area contributed by atoms with E-state index in [0.717, 1.165) is 23.5 Å². The molecule has 0 saturated heterocycles. The Hall–Kier alpha value is -2.41. The van der Waals surface area contributed by atoms with Gasteiger partial charge >= 0.3 is 5.97 Å². The Morgan fingerprint density at radius 1 is 1.29 bits per heavy atom. The predicted octanol–water partition coefficient (Wildman–Crippen LogP) is 2.78. The van der Waals surface area contributed by atoms with E-state index in [1.807, 2.05) is 30.3 Å². The van der Waals surface area contributed by atoms with Crippen molar-refractivity contribution < 1.29 is 14.8 Å². The monoisotopic (exact) mass is 304 g/mol. The summed E-state index contributed by atoms with van der Waals surface area (Å²) in [5.41, 5.74) is 0.800. The Kier molecular flexibility index (Phi) is 4.89. The lowest BCUT2D eigenvalue weighted by Crippen LogP contribution is -2.19. The molecule has 0 fully saturated rings. The fourth-order valence-corrected chi connectivity index (χ4v) is 2.63. The zero-order valence-electron chi connectivity index (χ0n) is 10.9. The van der Waals surface area contributed by atoms with Gasteiger partial charge in [0.05, 0.1) is 9.95 Å². The molecule has 1 aromatic heterocycles. The first-order valence-corrected chi connectivity index (χ1v) is 6.98. The Morgan fingerprint density at radius 2 is 2.00 bits per heavy atom. The molecule has 6 nitrogen and oxygen atoms in total. The van der Waals surface area contributed by atoms with E-state index < -0.39 is 16.1 Å². The Morgan fingerprint density at radius 3 is 2.52 bits per heavy atom. The third-order valence-corrected chi connectivity index (χ3v) is 3.87. The molecule has 1 heterocycles. The quantitative estimate of drug-likeness (QED) is 0.501. The fourth-order valence-electron chi connectivity index (χ4n) is 1.70. The molecule has 0 bridgehead atoms. The fraction of sp³-hybridized carbons (Fsp3) is 0.143. The number of rotatable bonds is 6. The van der Waals surface area contributed by atoms with Crippen molar-refractivity contribution in [1.29, 1.82) is 0 Å². The second kappa shape index (κ2) is 6.85. The van der Waals surface area contributed by atoms with Crippen LogP contribution in [0, 0.1) is 10.1 Å². The lowest BCUT2D eigenvalue weighted by molar-refractivity contribution is -0.385. The van der Waals surface area contributed by atoms with E-state index in [1.165, 1.54) is 12.1 Å². The van der Waals surface area contributed by atoms with Gasteiger partial charge in [-0.15, -0.1) is 0 Å². The van der Waals surface area contributed by atoms with Gasteiger partial charge < -0.3 is 5.11 Å². The first-order valence-electron chi connectivity index (χ1n) is 6.10. The molecule has 0 spiro atoms. The number of carboxylic acid groups (broad SMARTS) is 1. The molecule has 1 unspecified atom stereocenters. The van der Waals surface area contributed by atoms with Crippen molar-refractivity contribution in [1.82, 2.24) is 4.98 Å². The van der Waals surface area contributed by atoms with E-state index in [9.17, 15) is 20.0 Å².